The van der Waals surface area contributed by atoms with Crippen LogP contribution in [0.2, 0.25) is 0 Å². The van der Waals surface area contributed by atoms with Crippen LogP contribution in [0.25, 0.3) is 0 Å². The first-order valence-electron chi connectivity index (χ1n) is 8.89. The summed E-state index contributed by atoms with van der Waals surface area (Å²) >= 11 is 0. The van der Waals surface area contributed by atoms with Gasteiger partial charge in [0.05, 0.1) is 0 Å². The molecular weight excluding hydrogens is 387 g/mol. The lowest BCUT2D eigenvalue weighted by molar-refractivity contribution is 0.167. The molecule has 1 saturated heterocycles. The Morgan fingerprint density at radius 1 is 1.14 bits per heavy atom. The van der Waals surface area contributed by atoms with Crippen LogP contribution in [0.5, 0.6) is 0 Å². The van der Waals surface area contributed by atoms with Gasteiger partial charge in [-0.05, 0) is 39.5 Å². The number of hydrogen-bond acceptors (Lipinski definition) is 2. The lowest BCUT2D eigenvalue weighted by Gasteiger charge is -2.35. The average molecular weight is 424 g/mol. The van der Waals surface area contributed by atoms with E-state index in [0.717, 1.165) is 19.0 Å². The zero-order chi connectivity index (χ0) is 15.7. The molecule has 0 radical (unpaired) electrons. The Morgan fingerprint density at radius 2 is 1.73 bits per heavy atom. The SMILES string of the molecule is CCNC(=NCC(CC)CC)NC1CCN(C(C)C)CC1.I. The first-order chi connectivity index (χ1) is 10.1. The third kappa shape index (κ3) is 7.99. The summed E-state index contributed by atoms with van der Waals surface area (Å²) in [5.74, 6) is 1.72. The molecule has 0 atom stereocenters. The molecule has 1 fully saturated rings. The molecule has 0 aliphatic carbocycles. The Labute approximate surface area is 154 Å². The predicted octanol–water partition coefficient (Wildman–Crippen LogP) is 3.47. The summed E-state index contributed by atoms with van der Waals surface area (Å²) in [7, 11) is 0. The van der Waals surface area contributed by atoms with Gasteiger partial charge < -0.3 is 15.5 Å². The monoisotopic (exact) mass is 424 g/mol. The molecule has 4 nitrogen and oxygen atoms in total. The van der Waals surface area contributed by atoms with E-state index in [4.69, 9.17) is 4.99 Å². The number of likely N-dealkylation sites (tertiary alicyclic amines) is 1. The van der Waals surface area contributed by atoms with E-state index in [1.807, 2.05) is 0 Å². The number of piperidine rings is 1. The molecule has 2 N–H and O–H groups in total. The summed E-state index contributed by atoms with van der Waals surface area (Å²) in [6.07, 6.45) is 4.86. The molecule has 132 valence electrons. The van der Waals surface area contributed by atoms with E-state index in [-0.39, 0.29) is 24.0 Å². The number of nitrogens with one attached hydrogen (secondary N) is 2. The molecule has 1 rings (SSSR count). The number of rotatable bonds is 7. The fourth-order valence-electron chi connectivity index (χ4n) is 2.84. The van der Waals surface area contributed by atoms with E-state index in [1.165, 1.54) is 38.8 Å². The van der Waals surface area contributed by atoms with Gasteiger partial charge in [-0.3, -0.25) is 4.99 Å². The lowest BCUT2D eigenvalue weighted by atomic mass is 10.0. The molecule has 1 heterocycles. The molecule has 0 unspecified atom stereocenters. The summed E-state index contributed by atoms with van der Waals surface area (Å²) < 4.78 is 0. The Hall–Kier alpha value is -0.0400. The normalized spacial score (nSPS) is 17.7. The van der Waals surface area contributed by atoms with Crippen molar-refractivity contribution in [3.05, 3.63) is 0 Å². The molecule has 0 amide bonds. The molecule has 1 aliphatic rings. The molecule has 0 bridgehead atoms. The number of hydrogen-bond donors (Lipinski definition) is 2. The quantitative estimate of drug-likeness (QED) is 0.374. The van der Waals surface area contributed by atoms with Crippen LogP contribution in [-0.4, -0.2) is 49.1 Å². The van der Waals surface area contributed by atoms with Gasteiger partial charge in [-0.2, -0.15) is 0 Å². The molecule has 0 aromatic carbocycles. The van der Waals surface area contributed by atoms with Crippen LogP contribution in [-0.2, 0) is 0 Å². The minimum absolute atomic E-state index is 0. The van der Waals surface area contributed by atoms with Crippen molar-refractivity contribution in [2.75, 3.05) is 26.2 Å². The Balaban J connectivity index is 0.00000441. The van der Waals surface area contributed by atoms with Gasteiger partial charge in [0, 0.05) is 38.3 Å². The van der Waals surface area contributed by atoms with E-state index in [9.17, 15) is 0 Å². The fourth-order valence-corrected chi connectivity index (χ4v) is 2.84. The summed E-state index contributed by atoms with van der Waals surface area (Å²) in [5.41, 5.74) is 0. The number of halogens is 1. The lowest BCUT2D eigenvalue weighted by Crippen LogP contribution is -2.50. The standard InChI is InChI=1S/C17H36N4.HI/c1-6-15(7-2)13-19-17(18-8-3)20-16-9-11-21(12-10-16)14(4)5;/h14-16H,6-13H2,1-5H3,(H2,18,19,20);1H. The van der Waals surface area contributed by atoms with E-state index in [0.29, 0.717) is 18.0 Å². The molecule has 1 aliphatic heterocycles. The van der Waals surface area contributed by atoms with Crippen molar-refractivity contribution in [1.29, 1.82) is 0 Å². The van der Waals surface area contributed by atoms with Crippen molar-refractivity contribution in [2.45, 2.75) is 72.4 Å². The molecule has 0 saturated carbocycles. The minimum Gasteiger partial charge on any atom is -0.357 e. The van der Waals surface area contributed by atoms with Crippen LogP contribution >= 0.6 is 24.0 Å². The summed E-state index contributed by atoms with van der Waals surface area (Å²) in [6.45, 7) is 15.5. The van der Waals surface area contributed by atoms with Gasteiger partial charge >= 0.3 is 0 Å². The highest BCUT2D eigenvalue weighted by Crippen LogP contribution is 2.13. The van der Waals surface area contributed by atoms with Crippen LogP contribution in [0, 0.1) is 5.92 Å². The van der Waals surface area contributed by atoms with Crippen molar-refractivity contribution in [3.63, 3.8) is 0 Å². The van der Waals surface area contributed by atoms with Crippen LogP contribution in [0.3, 0.4) is 0 Å². The van der Waals surface area contributed by atoms with Crippen molar-refractivity contribution in [2.24, 2.45) is 10.9 Å². The van der Waals surface area contributed by atoms with Gasteiger partial charge in [-0.15, -0.1) is 24.0 Å². The Kier molecular flexibility index (Phi) is 12.4. The van der Waals surface area contributed by atoms with Gasteiger partial charge in [-0.25, -0.2) is 0 Å². The van der Waals surface area contributed by atoms with Crippen molar-refractivity contribution >= 4 is 29.9 Å². The topological polar surface area (TPSA) is 39.7 Å². The highest BCUT2D eigenvalue weighted by atomic mass is 127. The van der Waals surface area contributed by atoms with E-state index < -0.39 is 0 Å². The third-order valence-corrected chi connectivity index (χ3v) is 4.61. The van der Waals surface area contributed by atoms with Crippen LogP contribution in [0.4, 0.5) is 0 Å². The second-order valence-electron chi connectivity index (χ2n) is 6.45. The van der Waals surface area contributed by atoms with Gasteiger partial charge in [-0.1, -0.05) is 26.7 Å². The maximum absolute atomic E-state index is 4.78. The first-order valence-corrected chi connectivity index (χ1v) is 8.89. The largest absolute Gasteiger partial charge is 0.357 e. The smallest absolute Gasteiger partial charge is 0.191 e. The summed E-state index contributed by atoms with van der Waals surface area (Å²) in [5, 5.41) is 7.02. The summed E-state index contributed by atoms with van der Waals surface area (Å²) in [4.78, 5) is 7.35. The Morgan fingerprint density at radius 3 is 2.18 bits per heavy atom. The molecule has 22 heavy (non-hydrogen) atoms. The number of guanidine groups is 1. The van der Waals surface area contributed by atoms with Crippen LogP contribution in [0.15, 0.2) is 4.99 Å². The van der Waals surface area contributed by atoms with Crippen LogP contribution in [0.1, 0.15) is 60.3 Å². The summed E-state index contributed by atoms with van der Waals surface area (Å²) in [6, 6.07) is 1.24. The van der Waals surface area contributed by atoms with Crippen molar-refractivity contribution < 1.29 is 0 Å². The highest BCUT2D eigenvalue weighted by Gasteiger charge is 2.21. The average Bonchev–Trinajstić information content (AvgIpc) is 2.49. The maximum atomic E-state index is 4.78. The second-order valence-corrected chi connectivity index (χ2v) is 6.45. The molecule has 0 aromatic heterocycles. The minimum atomic E-state index is 0. The third-order valence-electron chi connectivity index (χ3n) is 4.61. The second kappa shape index (κ2) is 12.4. The number of nitrogens with zero attached hydrogens (tertiary/aromatic N) is 2. The van der Waals surface area contributed by atoms with Crippen molar-refractivity contribution in [3.8, 4) is 0 Å². The first kappa shape index (κ1) is 22.0. The fraction of sp³-hybridized carbons (Fsp3) is 0.941. The maximum Gasteiger partial charge on any atom is 0.191 e. The molecule has 0 spiro atoms. The van der Waals surface area contributed by atoms with E-state index in [1.54, 1.807) is 0 Å². The molecular formula is C17H37IN4. The van der Waals surface area contributed by atoms with E-state index >= 15 is 0 Å². The molecule has 5 heteroatoms. The number of aliphatic imine (C=N–C) groups is 1. The van der Waals surface area contributed by atoms with Gasteiger partial charge in [0.15, 0.2) is 5.96 Å². The van der Waals surface area contributed by atoms with E-state index in [2.05, 4.69) is 50.2 Å². The Bertz CT molecular complexity index is 295. The zero-order valence-electron chi connectivity index (χ0n) is 15.2. The molecule has 0 aromatic rings. The highest BCUT2D eigenvalue weighted by molar-refractivity contribution is 14.0. The zero-order valence-corrected chi connectivity index (χ0v) is 17.5. The predicted molar refractivity (Wildman–Crippen MR) is 108 cm³/mol. The van der Waals surface area contributed by atoms with Gasteiger partial charge in [0.2, 0.25) is 0 Å². The van der Waals surface area contributed by atoms with Gasteiger partial charge in [0.25, 0.3) is 0 Å². The van der Waals surface area contributed by atoms with Crippen LogP contribution < -0.4 is 10.6 Å². The van der Waals surface area contributed by atoms with Crippen molar-refractivity contribution in [1.82, 2.24) is 15.5 Å². The van der Waals surface area contributed by atoms with Gasteiger partial charge in [0.1, 0.15) is 0 Å².